The topological polar surface area (TPSA) is 85.8 Å². The predicted octanol–water partition coefficient (Wildman–Crippen LogP) is 5.69. The first-order chi connectivity index (χ1) is 18.5. The predicted molar refractivity (Wildman–Crippen MR) is 152 cm³/mol. The van der Waals surface area contributed by atoms with Crippen molar-refractivity contribution in [1.82, 2.24) is 15.3 Å². The van der Waals surface area contributed by atoms with Crippen molar-refractivity contribution in [3.8, 4) is 23.1 Å². The smallest absolute Gasteiger partial charge is 0.230 e. The highest BCUT2D eigenvalue weighted by Gasteiger charge is 2.15. The molecule has 0 aliphatic heterocycles. The molecule has 3 aromatic carbocycles. The SMILES string of the molecule is CCN(C(=S)NC(=O)CCCc1ccccc1)c1ccc(Oc2ncnc3cc(OC)c(OC)cc23)cc1. The molecule has 0 aliphatic rings. The second-order valence-corrected chi connectivity index (χ2v) is 8.82. The average molecular weight is 531 g/mol. The van der Waals surface area contributed by atoms with Crippen LogP contribution in [0.3, 0.4) is 0 Å². The van der Waals surface area contributed by atoms with Gasteiger partial charge in [-0.15, -0.1) is 0 Å². The van der Waals surface area contributed by atoms with Gasteiger partial charge >= 0.3 is 0 Å². The third-order valence-electron chi connectivity index (χ3n) is 5.99. The van der Waals surface area contributed by atoms with Crippen LogP contribution in [-0.2, 0) is 11.2 Å². The Bertz CT molecular complexity index is 1400. The number of ether oxygens (including phenoxy) is 3. The summed E-state index contributed by atoms with van der Waals surface area (Å²) in [6.07, 6.45) is 3.45. The Morgan fingerprint density at radius 3 is 2.37 bits per heavy atom. The molecule has 196 valence electrons. The Balaban J connectivity index is 1.39. The number of carbonyl (C=O) groups excluding carboxylic acids is 1. The highest BCUT2D eigenvalue weighted by Crippen LogP contribution is 2.36. The maximum atomic E-state index is 12.5. The Kier molecular flexibility index (Phi) is 9.05. The lowest BCUT2D eigenvalue weighted by Crippen LogP contribution is -2.42. The Hall–Kier alpha value is -4.24. The van der Waals surface area contributed by atoms with Crippen LogP contribution in [0.1, 0.15) is 25.3 Å². The number of carbonyl (C=O) groups is 1. The second kappa shape index (κ2) is 12.8. The molecule has 1 heterocycles. The monoisotopic (exact) mass is 530 g/mol. The summed E-state index contributed by atoms with van der Waals surface area (Å²) in [5.74, 6) is 2.04. The minimum Gasteiger partial charge on any atom is -0.493 e. The van der Waals surface area contributed by atoms with E-state index in [1.54, 1.807) is 26.4 Å². The lowest BCUT2D eigenvalue weighted by atomic mass is 10.1. The molecule has 1 aromatic heterocycles. The number of benzene rings is 3. The summed E-state index contributed by atoms with van der Waals surface area (Å²) in [4.78, 5) is 23.0. The van der Waals surface area contributed by atoms with Gasteiger partial charge in [-0.2, -0.15) is 0 Å². The number of nitrogens with one attached hydrogen (secondary N) is 1. The van der Waals surface area contributed by atoms with Gasteiger partial charge < -0.3 is 24.4 Å². The van der Waals surface area contributed by atoms with Gasteiger partial charge in [0.2, 0.25) is 11.8 Å². The van der Waals surface area contributed by atoms with Gasteiger partial charge in [-0.1, -0.05) is 30.3 Å². The number of hydrogen-bond acceptors (Lipinski definition) is 7. The molecule has 0 radical (unpaired) electrons. The lowest BCUT2D eigenvalue weighted by molar-refractivity contribution is -0.119. The van der Waals surface area contributed by atoms with E-state index in [1.807, 2.05) is 54.3 Å². The maximum absolute atomic E-state index is 12.5. The molecular weight excluding hydrogens is 500 g/mol. The molecule has 38 heavy (non-hydrogen) atoms. The molecule has 0 unspecified atom stereocenters. The molecule has 1 amide bonds. The van der Waals surface area contributed by atoms with Crippen molar-refractivity contribution in [2.75, 3.05) is 25.7 Å². The van der Waals surface area contributed by atoms with Gasteiger partial charge in [0.1, 0.15) is 12.1 Å². The Labute approximate surface area is 227 Å². The van der Waals surface area contributed by atoms with Gasteiger partial charge in [0.05, 0.1) is 25.1 Å². The van der Waals surface area contributed by atoms with E-state index in [0.717, 1.165) is 18.5 Å². The number of aryl methyl sites for hydroxylation is 1. The summed E-state index contributed by atoms with van der Waals surface area (Å²) in [6, 6.07) is 21.1. The fraction of sp³-hybridized carbons (Fsp3) is 0.241. The van der Waals surface area contributed by atoms with Crippen LogP contribution in [0.5, 0.6) is 23.1 Å². The zero-order chi connectivity index (χ0) is 26.9. The zero-order valence-corrected chi connectivity index (χ0v) is 22.5. The number of thiocarbonyl (C=S) groups is 1. The summed E-state index contributed by atoms with van der Waals surface area (Å²) in [5, 5.41) is 3.92. The lowest BCUT2D eigenvalue weighted by Gasteiger charge is -2.24. The molecule has 8 nitrogen and oxygen atoms in total. The molecule has 0 saturated carbocycles. The normalized spacial score (nSPS) is 10.6. The molecule has 0 bridgehead atoms. The molecule has 4 rings (SSSR count). The van der Waals surface area contributed by atoms with Crippen LogP contribution in [0, 0.1) is 0 Å². The van der Waals surface area contributed by atoms with Crippen LogP contribution in [0.2, 0.25) is 0 Å². The van der Waals surface area contributed by atoms with Crippen LogP contribution in [0.15, 0.2) is 73.1 Å². The Morgan fingerprint density at radius 2 is 1.68 bits per heavy atom. The molecule has 0 spiro atoms. The maximum Gasteiger partial charge on any atom is 0.230 e. The van der Waals surface area contributed by atoms with Crippen molar-refractivity contribution in [3.05, 3.63) is 78.6 Å². The first-order valence-corrected chi connectivity index (χ1v) is 12.7. The van der Waals surface area contributed by atoms with Crippen LogP contribution < -0.4 is 24.4 Å². The molecule has 0 atom stereocenters. The van der Waals surface area contributed by atoms with E-state index in [1.165, 1.54) is 11.9 Å². The van der Waals surface area contributed by atoms with Gasteiger partial charge in [-0.3, -0.25) is 4.79 Å². The van der Waals surface area contributed by atoms with Gasteiger partial charge in [-0.25, -0.2) is 9.97 Å². The van der Waals surface area contributed by atoms with Crippen molar-refractivity contribution in [1.29, 1.82) is 0 Å². The molecule has 4 aromatic rings. The first kappa shape index (κ1) is 26.8. The third kappa shape index (κ3) is 6.54. The molecule has 1 N–H and O–H groups in total. The molecular formula is C29H30N4O4S. The number of amides is 1. The van der Waals surface area contributed by atoms with E-state index in [0.29, 0.717) is 52.1 Å². The van der Waals surface area contributed by atoms with E-state index >= 15 is 0 Å². The minimum absolute atomic E-state index is 0.0907. The van der Waals surface area contributed by atoms with Crippen molar-refractivity contribution >= 4 is 39.8 Å². The van der Waals surface area contributed by atoms with E-state index in [2.05, 4.69) is 27.4 Å². The summed E-state index contributed by atoms with van der Waals surface area (Å²) < 4.78 is 16.8. The molecule has 0 saturated heterocycles. The van der Waals surface area contributed by atoms with Crippen LogP contribution in [0.25, 0.3) is 10.9 Å². The first-order valence-electron chi connectivity index (χ1n) is 12.3. The number of aromatic nitrogens is 2. The number of nitrogens with zero attached hydrogens (tertiary/aromatic N) is 3. The van der Waals surface area contributed by atoms with Crippen LogP contribution in [0.4, 0.5) is 5.69 Å². The van der Waals surface area contributed by atoms with Gasteiger partial charge in [0.25, 0.3) is 0 Å². The average Bonchev–Trinajstić information content (AvgIpc) is 2.94. The highest BCUT2D eigenvalue weighted by atomic mass is 32.1. The molecule has 0 fully saturated rings. The number of hydrogen-bond donors (Lipinski definition) is 1. The highest BCUT2D eigenvalue weighted by molar-refractivity contribution is 7.80. The fourth-order valence-corrected chi connectivity index (χ4v) is 4.39. The number of rotatable bonds is 10. The van der Waals surface area contributed by atoms with Gasteiger partial charge in [0, 0.05) is 24.7 Å². The van der Waals surface area contributed by atoms with E-state index in [4.69, 9.17) is 26.4 Å². The summed E-state index contributed by atoms with van der Waals surface area (Å²) in [7, 11) is 3.15. The van der Waals surface area contributed by atoms with E-state index in [9.17, 15) is 4.79 Å². The second-order valence-electron chi connectivity index (χ2n) is 8.44. The molecule has 0 aliphatic carbocycles. The quantitative estimate of drug-likeness (QED) is 0.262. The summed E-state index contributed by atoms with van der Waals surface area (Å²) in [5.41, 5.74) is 2.73. The number of fused-ring (bicyclic) bond motifs is 1. The van der Waals surface area contributed by atoms with Crippen molar-refractivity contribution < 1.29 is 19.0 Å². The minimum atomic E-state index is -0.0907. The summed E-state index contributed by atoms with van der Waals surface area (Å²) >= 11 is 5.54. The van der Waals surface area contributed by atoms with Crippen molar-refractivity contribution in [3.63, 3.8) is 0 Å². The van der Waals surface area contributed by atoms with Gasteiger partial charge in [0.15, 0.2) is 16.6 Å². The van der Waals surface area contributed by atoms with Crippen molar-refractivity contribution in [2.45, 2.75) is 26.2 Å². The standard InChI is InChI=1S/C29H30N4O4S/c1-4-33(29(38)32-27(34)12-8-11-20-9-6-5-7-10-20)21-13-15-22(16-14-21)37-28-23-17-25(35-2)26(36-3)18-24(23)30-19-31-28/h5-7,9-10,13-19H,4,8,11-12H2,1-3H3,(H,32,34,38). The third-order valence-corrected chi connectivity index (χ3v) is 6.31. The summed E-state index contributed by atoms with van der Waals surface area (Å²) in [6.45, 7) is 2.58. The van der Waals surface area contributed by atoms with Crippen LogP contribution in [-0.4, -0.2) is 41.8 Å². The van der Waals surface area contributed by atoms with E-state index in [-0.39, 0.29) is 5.91 Å². The zero-order valence-electron chi connectivity index (χ0n) is 21.6. The van der Waals surface area contributed by atoms with Gasteiger partial charge in [-0.05, 0) is 67.9 Å². The van der Waals surface area contributed by atoms with Crippen LogP contribution >= 0.6 is 12.2 Å². The largest absolute Gasteiger partial charge is 0.493 e. The number of anilines is 1. The Morgan fingerprint density at radius 1 is 0.974 bits per heavy atom. The number of methoxy groups -OCH3 is 2. The molecule has 9 heteroatoms. The van der Waals surface area contributed by atoms with Crippen molar-refractivity contribution in [2.24, 2.45) is 0 Å². The van der Waals surface area contributed by atoms with E-state index < -0.39 is 0 Å². The fourth-order valence-electron chi connectivity index (χ4n) is 4.04.